The Morgan fingerprint density at radius 2 is 2.07 bits per heavy atom. The summed E-state index contributed by atoms with van der Waals surface area (Å²) < 4.78 is 5.07. The molecule has 0 radical (unpaired) electrons. The third-order valence-electron chi connectivity index (χ3n) is 4.00. The number of methoxy groups -OCH3 is 1. The van der Waals surface area contributed by atoms with Crippen molar-refractivity contribution in [3.8, 4) is 17.6 Å². The molecule has 1 unspecified atom stereocenters. The number of aliphatic hydroxyl groups excluding tert-OH is 1. The van der Waals surface area contributed by atoms with Gasteiger partial charge in [0, 0.05) is 18.0 Å². The first kappa shape index (κ1) is 20.9. The summed E-state index contributed by atoms with van der Waals surface area (Å²) in [6, 6.07) is 11.9. The van der Waals surface area contributed by atoms with Gasteiger partial charge in [-0.05, 0) is 30.3 Å². The van der Waals surface area contributed by atoms with Crippen molar-refractivity contribution >= 4 is 35.0 Å². The number of aromatic hydroxyl groups is 1. The smallest absolute Gasteiger partial charge is 0.165 e. The zero-order valence-corrected chi connectivity index (χ0v) is 16.6. The number of pyridine rings is 2. The Balaban J connectivity index is 1.77. The normalized spacial score (nSPS) is 11.7. The molecule has 2 aromatic heterocycles. The molecule has 30 heavy (non-hydrogen) atoms. The molecule has 152 valence electrons. The zero-order chi connectivity index (χ0) is 21.5. The van der Waals surface area contributed by atoms with Gasteiger partial charge in [0.05, 0.1) is 23.4 Å². The lowest BCUT2D eigenvalue weighted by molar-refractivity contribution is 0.253. The average Bonchev–Trinajstić information content (AvgIpc) is 2.75. The molecule has 2 heterocycles. The van der Waals surface area contributed by atoms with E-state index in [1.165, 1.54) is 25.6 Å². The monoisotopic (exact) mass is 423 g/mol. The molecule has 0 aliphatic carbocycles. The minimum Gasteiger partial charge on any atom is -0.504 e. The van der Waals surface area contributed by atoms with E-state index in [1.54, 1.807) is 42.5 Å². The summed E-state index contributed by atoms with van der Waals surface area (Å²) >= 11 is 6.04. The summed E-state index contributed by atoms with van der Waals surface area (Å²) in [6.07, 6.45) is 4.80. The molecule has 0 bridgehead atoms. The van der Waals surface area contributed by atoms with Crippen LogP contribution >= 0.6 is 11.6 Å². The number of nitrogens with zero attached hydrogens (tertiary/aromatic N) is 3. The standard InChI is InChI=1S/C21H18ClN5O3/c1-30-17-4-2-3-14(20(17)29)6-8-19(28)26-16-9-15(22)12-25-21(16)27-18-7-5-13(10-23)11-24-18/h2-9,11-12,19,26,28-29H,1H3,(H,24,25,27)/b8-6+. The van der Waals surface area contributed by atoms with E-state index in [0.29, 0.717) is 39.2 Å². The highest BCUT2D eigenvalue weighted by Crippen LogP contribution is 2.30. The van der Waals surface area contributed by atoms with Crippen molar-refractivity contribution in [1.82, 2.24) is 9.97 Å². The summed E-state index contributed by atoms with van der Waals surface area (Å²) in [6.45, 7) is 0. The molecular weight excluding hydrogens is 406 g/mol. The van der Waals surface area contributed by atoms with Crippen LogP contribution in [0, 0.1) is 11.3 Å². The molecule has 0 spiro atoms. The summed E-state index contributed by atoms with van der Waals surface area (Å²) in [5.74, 6) is 1.16. The molecule has 8 nitrogen and oxygen atoms in total. The summed E-state index contributed by atoms with van der Waals surface area (Å²) in [7, 11) is 1.46. The first-order valence-electron chi connectivity index (χ1n) is 8.77. The number of benzene rings is 1. The molecule has 9 heteroatoms. The maximum absolute atomic E-state index is 10.4. The summed E-state index contributed by atoms with van der Waals surface area (Å²) in [5, 5.41) is 35.6. The Kier molecular flexibility index (Phi) is 6.70. The highest BCUT2D eigenvalue weighted by Gasteiger charge is 2.10. The average molecular weight is 424 g/mol. The Morgan fingerprint density at radius 1 is 1.23 bits per heavy atom. The van der Waals surface area contributed by atoms with E-state index >= 15 is 0 Å². The second kappa shape index (κ2) is 9.60. The van der Waals surface area contributed by atoms with Gasteiger partial charge in [0.2, 0.25) is 0 Å². The topological polar surface area (TPSA) is 123 Å². The van der Waals surface area contributed by atoms with Crippen molar-refractivity contribution in [1.29, 1.82) is 5.26 Å². The van der Waals surface area contributed by atoms with E-state index in [-0.39, 0.29) is 5.75 Å². The van der Waals surface area contributed by atoms with E-state index in [4.69, 9.17) is 21.6 Å². The minimum atomic E-state index is -1.11. The molecule has 0 fully saturated rings. The second-order valence-electron chi connectivity index (χ2n) is 6.07. The van der Waals surface area contributed by atoms with Gasteiger partial charge in [0.1, 0.15) is 18.1 Å². The van der Waals surface area contributed by atoms with Crippen LogP contribution in [0.1, 0.15) is 11.1 Å². The van der Waals surface area contributed by atoms with Crippen molar-refractivity contribution in [2.45, 2.75) is 6.23 Å². The quantitative estimate of drug-likeness (QED) is 0.422. The van der Waals surface area contributed by atoms with Gasteiger partial charge in [-0.15, -0.1) is 0 Å². The van der Waals surface area contributed by atoms with Crippen molar-refractivity contribution < 1.29 is 14.9 Å². The number of aromatic nitrogens is 2. The Hall–Kier alpha value is -3.80. The van der Waals surface area contributed by atoms with Crippen molar-refractivity contribution in [2.75, 3.05) is 17.7 Å². The van der Waals surface area contributed by atoms with Crippen LogP contribution in [0.15, 0.2) is 54.9 Å². The number of nitrogens with one attached hydrogen (secondary N) is 2. The predicted octanol–water partition coefficient (Wildman–Crippen LogP) is 3.90. The third-order valence-corrected chi connectivity index (χ3v) is 4.21. The number of halogens is 1. The molecule has 0 aliphatic rings. The van der Waals surface area contributed by atoms with Gasteiger partial charge in [-0.3, -0.25) is 0 Å². The van der Waals surface area contributed by atoms with Crippen LogP contribution in [-0.4, -0.2) is 33.5 Å². The molecular formula is C21H18ClN5O3. The first-order chi connectivity index (χ1) is 14.5. The molecule has 0 aliphatic heterocycles. The predicted molar refractivity (Wildman–Crippen MR) is 115 cm³/mol. The number of aliphatic hydroxyl groups is 1. The van der Waals surface area contributed by atoms with E-state index in [0.717, 1.165) is 0 Å². The lowest BCUT2D eigenvalue weighted by Crippen LogP contribution is -2.16. The molecule has 3 rings (SSSR count). The molecule has 4 N–H and O–H groups in total. The number of anilines is 3. The third kappa shape index (κ3) is 5.17. The number of hydrogen-bond donors (Lipinski definition) is 4. The Labute approximate surface area is 178 Å². The molecule has 0 amide bonds. The van der Waals surface area contributed by atoms with Crippen LogP contribution in [0.5, 0.6) is 11.5 Å². The van der Waals surface area contributed by atoms with Gasteiger partial charge >= 0.3 is 0 Å². The maximum Gasteiger partial charge on any atom is 0.165 e. The van der Waals surface area contributed by atoms with Crippen LogP contribution in [0.25, 0.3) is 6.08 Å². The minimum absolute atomic E-state index is 0.0258. The van der Waals surface area contributed by atoms with E-state index in [1.807, 2.05) is 6.07 Å². The number of para-hydroxylation sites is 1. The number of phenols is 1. The van der Waals surface area contributed by atoms with Gasteiger partial charge in [-0.1, -0.05) is 29.8 Å². The Morgan fingerprint density at radius 3 is 2.77 bits per heavy atom. The molecule has 1 atom stereocenters. The maximum atomic E-state index is 10.4. The van der Waals surface area contributed by atoms with Crippen molar-refractivity contribution in [2.24, 2.45) is 0 Å². The fourth-order valence-electron chi connectivity index (χ4n) is 2.54. The Bertz CT molecular complexity index is 1100. The van der Waals surface area contributed by atoms with Crippen molar-refractivity contribution in [3.63, 3.8) is 0 Å². The number of hydrogen-bond acceptors (Lipinski definition) is 8. The molecule has 0 saturated carbocycles. The highest BCUT2D eigenvalue weighted by atomic mass is 35.5. The van der Waals surface area contributed by atoms with Crippen LogP contribution < -0.4 is 15.4 Å². The van der Waals surface area contributed by atoms with Gasteiger partial charge in [-0.2, -0.15) is 5.26 Å². The highest BCUT2D eigenvalue weighted by molar-refractivity contribution is 6.30. The number of ether oxygens (including phenoxy) is 1. The molecule has 3 aromatic rings. The van der Waals surface area contributed by atoms with Gasteiger partial charge in [0.15, 0.2) is 17.3 Å². The van der Waals surface area contributed by atoms with Crippen LogP contribution in [0.3, 0.4) is 0 Å². The number of nitriles is 1. The van der Waals surface area contributed by atoms with Crippen LogP contribution in [-0.2, 0) is 0 Å². The summed E-state index contributed by atoms with van der Waals surface area (Å²) in [4.78, 5) is 8.36. The molecule has 1 aromatic carbocycles. The summed E-state index contributed by atoms with van der Waals surface area (Å²) in [5.41, 5.74) is 1.35. The lowest BCUT2D eigenvalue weighted by atomic mass is 10.1. The molecule has 0 saturated heterocycles. The van der Waals surface area contributed by atoms with Crippen LogP contribution in [0.4, 0.5) is 17.3 Å². The number of rotatable bonds is 7. The van der Waals surface area contributed by atoms with Gasteiger partial charge in [-0.25, -0.2) is 9.97 Å². The fraction of sp³-hybridized carbons (Fsp3) is 0.0952. The van der Waals surface area contributed by atoms with Crippen molar-refractivity contribution in [3.05, 3.63) is 71.0 Å². The largest absolute Gasteiger partial charge is 0.504 e. The fourth-order valence-corrected chi connectivity index (χ4v) is 2.70. The van der Waals surface area contributed by atoms with E-state index in [9.17, 15) is 10.2 Å². The first-order valence-corrected chi connectivity index (χ1v) is 9.15. The van der Waals surface area contributed by atoms with Crippen LogP contribution in [0.2, 0.25) is 5.02 Å². The second-order valence-corrected chi connectivity index (χ2v) is 6.50. The SMILES string of the molecule is COc1cccc(/C=C/C(O)Nc2cc(Cl)cnc2Nc2ccc(C#N)cn2)c1O. The van der Waals surface area contributed by atoms with E-state index < -0.39 is 6.23 Å². The number of phenolic OH excluding ortho intramolecular Hbond substituents is 1. The zero-order valence-electron chi connectivity index (χ0n) is 15.9. The lowest BCUT2D eigenvalue weighted by Gasteiger charge is -2.15. The van der Waals surface area contributed by atoms with Gasteiger partial charge in [0.25, 0.3) is 0 Å². The van der Waals surface area contributed by atoms with E-state index in [2.05, 4.69) is 20.6 Å². The van der Waals surface area contributed by atoms with Gasteiger partial charge < -0.3 is 25.6 Å².